The van der Waals surface area contributed by atoms with E-state index in [-0.39, 0.29) is 17.7 Å². The predicted octanol–water partition coefficient (Wildman–Crippen LogP) is 1.78. The molecule has 4 amide bonds. The molecule has 1 aliphatic heterocycles. The van der Waals surface area contributed by atoms with E-state index in [2.05, 4.69) is 10.6 Å². The molecule has 8 nitrogen and oxygen atoms in total. The van der Waals surface area contributed by atoms with E-state index in [0.717, 1.165) is 25.5 Å². The molecule has 2 unspecified atom stereocenters. The number of likely N-dealkylation sites (N-methyl/N-ethyl adjacent to an activating group) is 1. The summed E-state index contributed by atoms with van der Waals surface area (Å²) in [5, 5.41) is 5.57. The Morgan fingerprint density at radius 2 is 1.77 bits per heavy atom. The van der Waals surface area contributed by atoms with Crippen LogP contribution in [-0.2, 0) is 14.4 Å². The maximum absolute atomic E-state index is 13.1. The fourth-order valence-corrected chi connectivity index (χ4v) is 3.86. The highest BCUT2D eigenvalue weighted by atomic mass is 16.2. The molecule has 2 rings (SSSR count). The Labute approximate surface area is 180 Å². The minimum Gasteiger partial charge on any atom is -0.344 e. The molecule has 170 valence electrons. The van der Waals surface area contributed by atoms with Crippen LogP contribution in [0.4, 0.5) is 4.79 Å². The Morgan fingerprint density at radius 1 is 1.13 bits per heavy atom. The minimum absolute atomic E-state index is 0.0910. The number of hydrogen-bond donors (Lipinski definition) is 2. The minimum atomic E-state index is -0.801. The molecular weight excluding hydrogens is 384 g/mol. The summed E-state index contributed by atoms with van der Waals surface area (Å²) in [7, 11) is 1.77. The van der Waals surface area contributed by atoms with Crippen molar-refractivity contribution in [3.05, 3.63) is 0 Å². The fraction of sp³-hybridized carbons (Fsp3) is 0.818. The molecule has 30 heavy (non-hydrogen) atoms. The van der Waals surface area contributed by atoms with Crippen LogP contribution in [0.1, 0.15) is 60.3 Å². The van der Waals surface area contributed by atoms with E-state index in [1.54, 1.807) is 16.8 Å². The van der Waals surface area contributed by atoms with Crippen molar-refractivity contribution >= 4 is 24.1 Å². The zero-order chi connectivity index (χ0) is 22.6. The third kappa shape index (κ3) is 6.19. The Kier molecular flexibility index (Phi) is 7.88. The van der Waals surface area contributed by atoms with Crippen LogP contribution in [0.15, 0.2) is 0 Å². The lowest BCUT2D eigenvalue weighted by Gasteiger charge is -2.35. The van der Waals surface area contributed by atoms with Crippen molar-refractivity contribution in [3.8, 4) is 0 Å². The van der Waals surface area contributed by atoms with Gasteiger partial charge >= 0.3 is 6.03 Å². The molecule has 0 radical (unpaired) electrons. The van der Waals surface area contributed by atoms with Crippen molar-refractivity contribution in [3.63, 3.8) is 0 Å². The summed E-state index contributed by atoms with van der Waals surface area (Å²) in [6.45, 7) is 10.6. The Bertz CT molecular complexity index is 654. The van der Waals surface area contributed by atoms with Gasteiger partial charge < -0.3 is 25.2 Å². The van der Waals surface area contributed by atoms with E-state index in [4.69, 9.17) is 0 Å². The quantitative estimate of drug-likeness (QED) is 0.583. The molecule has 1 aliphatic carbocycles. The fourth-order valence-electron chi connectivity index (χ4n) is 3.86. The van der Waals surface area contributed by atoms with Crippen molar-refractivity contribution in [2.75, 3.05) is 20.1 Å². The standard InChI is InChI=1S/C22H38N4O4/c1-14(2)17(19(28)25(6)12-15-9-10-15)23-21(30)24-18(22(3,4)5)20(29)26-11-7-8-16(26)13-27/h13-18H,7-12H2,1-6H3,(H2,23,24,30)/t16-,17?,18?/m0/s1. The highest BCUT2D eigenvalue weighted by Crippen LogP contribution is 2.29. The maximum Gasteiger partial charge on any atom is 0.316 e. The average Bonchev–Trinajstić information content (AvgIpc) is 3.34. The SMILES string of the molecule is CC(C)C(NC(=O)NC(C(=O)N1CCC[C@H]1C=O)C(C)(C)C)C(=O)N(C)CC1CC1. The Morgan fingerprint density at radius 3 is 2.27 bits per heavy atom. The molecule has 2 aliphatic rings. The lowest BCUT2D eigenvalue weighted by Crippen LogP contribution is -2.60. The van der Waals surface area contributed by atoms with Crippen LogP contribution in [0, 0.1) is 17.3 Å². The Hall–Kier alpha value is -2.12. The van der Waals surface area contributed by atoms with Crippen molar-refractivity contribution in [2.24, 2.45) is 17.3 Å². The van der Waals surface area contributed by atoms with Gasteiger partial charge in [-0.1, -0.05) is 34.6 Å². The number of nitrogens with one attached hydrogen (secondary N) is 2. The number of hydrogen-bond acceptors (Lipinski definition) is 4. The first-order valence-electron chi connectivity index (χ1n) is 11.0. The third-order valence-electron chi connectivity index (χ3n) is 5.95. The number of carbonyl (C=O) groups is 4. The molecule has 2 N–H and O–H groups in total. The largest absolute Gasteiger partial charge is 0.344 e. The van der Waals surface area contributed by atoms with Gasteiger partial charge in [-0.05, 0) is 42.9 Å². The summed E-state index contributed by atoms with van der Waals surface area (Å²) in [4.78, 5) is 53.4. The normalized spacial score (nSPS) is 21.2. The van der Waals surface area contributed by atoms with Gasteiger partial charge in [-0.2, -0.15) is 0 Å². The number of likely N-dealkylation sites (tertiary alicyclic amines) is 1. The van der Waals surface area contributed by atoms with Gasteiger partial charge in [0.25, 0.3) is 0 Å². The Balaban J connectivity index is 2.07. The molecule has 1 saturated heterocycles. The van der Waals surface area contributed by atoms with Crippen LogP contribution >= 0.6 is 0 Å². The van der Waals surface area contributed by atoms with Crippen molar-refractivity contribution in [1.29, 1.82) is 0 Å². The summed E-state index contributed by atoms with van der Waals surface area (Å²) in [5.41, 5.74) is -0.551. The van der Waals surface area contributed by atoms with Gasteiger partial charge in [-0.25, -0.2) is 4.79 Å². The van der Waals surface area contributed by atoms with Crippen molar-refractivity contribution < 1.29 is 19.2 Å². The highest BCUT2D eigenvalue weighted by molar-refractivity contribution is 5.91. The second-order valence-corrected chi connectivity index (χ2v) is 10.2. The second kappa shape index (κ2) is 9.79. The van der Waals surface area contributed by atoms with E-state index in [9.17, 15) is 19.2 Å². The average molecular weight is 423 g/mol. The van der Waals surface area contributed by atoms with Crippen molar-refractivity contribution in [1.82, 2.24) is 20.4 Å². The van der Waals surface area contributed by atoms with Crippen LogP contribution in [0.25, 0.3) is 0 Å². The van der Waals surface area contributed by atoms with Crippen LogP contribution in [0.3, 0.4) is 0 Å². The molecule has 0 spiro atoms. The lowest BCUT2D eigenvalue weighted by molar-refractivity contribution is -0.138. The number of urea groups is 1. The van der Waals surface area contributed by atoms with Crippen LogP contribution < -0.4 is 10.6 Å². The molecule has 8 heteroatoms. The predicted molar refractivity (Wildman–Crippen MR) is 115 cm³/mol. The summed E-state index contributed by atoms with van der Waals surface area (Å²) in [6, 6.07) is -2.45. The zero-order valence-corrected chi connectivity index (χ0v) is 19.2. The number of carbonyl (C=O) groups excluding carboxylic acids is 4. The zero-order valence-electron chi connectivity index (χ0n) is 19.2. The summed E-state index contributed by atoms with van der Waals surface area (Å²) >= 11 is 0. The molecule has 1 saturated carbocycles. The van der Waals surface area contributed by atoms with E-state index in [0.29, 0.717) is 25.4 Å². The first kappa shape index (κ1) is 24.2. The van der Waals surface area contributed by atoms with Crippen LogP contribution in [0.2, 0.25) is 0 Å². The summed E-state index contributed by atoms with van der Waals surface area (Å²) in [6.07, 6.45) is 4.51. The number of rotatable bonds is 8. The van der Waals surface area contributed by atoms with Gasteiger partial charge in [0.1, 0.15) is 18.4 Å². The molecule has 3 atom stereocenters. The summed E-state index contributed by atoms with van der Waals surface area (Å²) in [5.74, 6) is 0.0956. The van der Waals surface area contributed by atoms with E-state index in [1.165, 1.54) is 0 Å². The van der Waals surface area contributed by atoms with Gasteiger partial charge in [-0.15, -0.1) is 0 Å². The smallest absolute Gasteiger partial charge is 0.316 e. The molecule has 2 fully saturated rings. The molecule has 0 aromatic rings. The monoisotopic (exact) mass is 422 g/mol. The lowest BCUT2D eigenvalue weighted by atomic mass is 9.85. The van der Waals surface area contributed by atoms with Gasteiger partial charge in [0.15, 0.2) is 0 Å². The molecule has 0 bridgehead atoms. The van der Waals surface area contributed by atoms with Gasteiger partial charge in [0.2, 0.25) is 11.8 Å². The topological polar surface area (TPSA) is 98.8 Å². The third-order valence-corrected chi connectivity index (χ3v) is 5.95. The van der Waals surface area contributed by atoms with Gasteiger partial charge in [0, 0.05) is 20.1 Å². The highest BCUT2D eigenvalue weighted by Gasteiger charge is 2.40. The molecular formula is C22H38N4O4. The van der Waals surface area contributed by atoms with E-state index >= 15 is 0 Å². The van der Waals surface area contributed by atoms with E-state index < -0.39 is 29.6 Å². The summed E-state index contributed by atoms with van der Waals surface area (Å²) < 4.78 is 0. The van der Waals surface area contributed by atoms with Crippen molar-refractivity contribution in [2.45, 2.75) is 78.4 Å². The van der Waals surface area contributed by atoms with Gasteiger partial charge in [0.05, 0.1) is 6.04 Å². The number of nitrogens with zero attached hydrogens (tertiary/aromatic N) is 2. The maximum atomic E-state index is 13.1. The molecule has 0 aromatic carbocycles. The second-order valence-electron chi connectivity index (χ2n) is 10.2. The number of amides is 4. The number of aldehydes is 1. The van der Waals surface area contributed by atoms with Crippen LogP contribution in [0.5, 0.6) is 0 Å². The molecule has 1 heterocycles. The molecule has 0 aromatic heterocycles. The first-order chi connectivity index (χ1) is 14.0. The van der Waals surface area contributed by atoms with Gasteiger partial charge in [-0.3, -0.25) is 9.59 Å². The first-order valence-corrected chi connectivity index (χ1v) is 11.0. The van der Waals surface area contributed by atoms with Crippen LogP contribution in [-0.4, -0.2) is 72.2 Å². The van der Waals surface area contributed by atoms with E-state index in [1.807, 2.05) is 34.6 Å².